The van der Waals surface area contributed by atoms with Gasteiger partial charge >= 0.3 is 0 Å². The lowest BCUT2D eigenvalue weighted by atomic mass is 9.79. The summed E-state index contributed by atoms with van der Waals surface area (Å²) in [6.45, 7) is 7.53. The Labute approximate surface area is 216 Å². The van der Waals surface area contributed by atoms with Crippen LogP contribution in [0.5, 0.6) is 5.75 Å². The Hall–Kier alpha value is -3.11. The van der Waals surface area contributed by atoms with E-state index < -0.39 is 0 Å². The molecule has 0 fully saturated rings. The molecule has 4 nitrogen and oxygen atoms in total. The largest absolute Gasteiger partial charge is 0.496 e. The first kappa shape index (κ1) is 26.0. The Morgan fingerprint density at radius 1 is 0.944 bits per heavy atom. The van der Waals surface area contributed by atoms with E-state index in [4.69, 9.17) is 4.74 Å². The van der Waals surface area contributed by atoms with E-state index in [1.807, 2.05) is 42.5 Å². The predicted octanol–water partition coefficient (Wildman–Crippen LogP) is 6.70. The smallest absolute Gasteiger partial charge is 0.251 e. The van der Waals surface area contributed by atoms with Crippen molar-refractivity contribution in [2.24, 2.45) is 0 Å². The van der Waals surface area contributed by atoms with Crippen molar-refractivity contribution in [2.75, 3.05) is 26.7 Å². The van der Waals surface area contributed by atoms with Gasteiger partial charge in [0.25, 0.3) is 5.91 Å². The van der Waals surface area contributed by atoms with Gasteiger partial charge in [0, 0.05) is 18.2 Å². The van der Waals surface area contributed by atoms with Crippen LogP contribution in [0.2, 0.25) is 0 Å². The lowest BCUT2D eigenvalue weighted by Crippen LogP contribution is -2.42. The van der Waals surface area contributed by atoms with E-state index in [1.165, 1.54) is 17.5 Å². The van der Waals surface area contributed by atoms with Crippen LogP contribution in [-0.4, -0.2) is 43.6 Å². The summed E-state index contributed by atoms with van der Waals surface area (Å²) in [4.78, 5) is 15.3. The average Bonchev–Trinajstić information content (AvgIpc) is 2.93. The molecule has 190 valence electrons. The van der Waals surface area contributed by atoms with Crippen LogP contribution in [-0.2, 0) is 6.42 Å². The number of rotatable bonds is 11. The van der Waals surface area contributed by atoms with Crippen molar-refractivity contribution in [1.82, 2.24) is 10.2 Å². The molecular weight excluding hydrogens is 444 g/mol. The highest BCUT2D eigenvalue weighted by Gasteiger charge is 2.31. The molecule has 1 aliphatic rings. The normalized spacial score (nSPS) is 17.0. The van der Waals surface area contributed by atoms with Crippen LogP contribution in [0, 0.1) is 0 Å². The fourth-order valence-corrected chi connectivity index (χ4v) is 5.64. The second-order valence-corrected chi connectivity index (χ2v) is 9.87. The summed E-state index contributed by atoms with van der Waals surface area (Å²) >= 11 is 0. The molecule has 4 heteroatoms. The van der Waals surface area contributed by atoms with Gasteiger partial charge in [0.05, 0.1) is 7.11 Å². The van der Waals surface area contributed by atoms with E-state index >= 15 is 0 Å². The quantitative estimate of drug-likeness (QED) is 0.308. The van der Waals surface area contributed by atoms with Crippen LogP contribution in [0.25, 0.3) is 11.1 Å². The summed E-state index contributed by atoms with van der Waals surface area (Å²) in [5.41, 5.74) is 5.83. The van der Waals surface area contributed by atoms with Crippen LogP contribution in [0.3, 0.4) is 0 Å². The Morgan fingerprint density at radius 2 is 1.69 bits per heavy atom. The van der Waals surface area contributed by atoms with Crippen LogP contribution >= 0.6 is 0 Å². The molecule has 4 rings (SSSR count). The summed E-state index contributed by atoms with van der Waals surface area (Å²) in [5, 5.41) is 3.11. The second-order valence-electron chi connectivity index (χ2n) is 9.87. The van der Waals surface area contributed by atoms with E-state index in [2.05, 4.69) is 54.4 Å². The standard InChI is InChI=1S/C32H40N2O2/c1-4-22-34(30-20-19-29-28(24(30)2)13-10-14-31(29)36-3)23-9-8-21-33-32(35)27-17-15-26(16-18-27)25-11-6-5-7-12-25/h5-7,10-18,24,30H,4,8-9,19-23H2,1-3H3,(H,33,35)/t24-,30+/m0/s1. The lowest BCUT2D eigenvalue weighted by Gasteiger charge is -2.40. The van der Waals surface area contributed by atoms with Crippen LogP contribution in [0.1, 0.15) is 66.9 Å². The zero-order valence-electron chi connectivity index (χ0n) is 22.0. The number of nitrogens with zero attached hydrogens (tertiary/aromatic N) is 1. The number of carbonyl (C=O) groups is 1. The number of amides is 1. The summed E-state index contributed by atoms with van der Waals surface area (Å²) < 4.78 is 5.63. The minimum Gasteiger partial charge on any atom is -0.496 e. The molecule has 36 heavy (non-hydrogen) atoms. The van der Waals surface area contributed by atoms with Crippen molar-refractivity contribution < 1.29 is 9.53 Å². The van der Waals surface area contributed by atoms with Gasteiger partial charge in [-0.2, -0.15) is 0 Å². The van der Waals surface area contributed by atoms with Gasteiger partial charge in [-0.3, -0.25) is 9.69 Å². The number of benzene rings is 3. The minimum absolute atomic E-state index is 0.00600. The molecule has 3 aromatic carbocycles. The highest BCUT2D eigenvalue weighted by molar-refractivity contribution is 5.94. The third-order valence-corrected chi connectivity index (χ3v) is 7.54. The van der Waals surface area contributed by atoms with E-state index in [9.17, 15) is 4.79 Å². The van der Waals surface area contributed by atoms with Crippen LogP contribution in [0.15, 0.2) is 72.8 Å². The fourth-order valence-electron chi connectivity index (χ4n) is 5.64. The van der Waals surface area contributed by atoms with Crippen molar-refractivity contribution in [2.45, 2.75) is 57.9 Å². The van der Waals surface area contributed by atoms with E-state index in [-0.39, 0.29) is 5.91 Å². The molecule has 0 unspecified atom stereocenters. The van der Waals surface area contributed by atoms with Gasteiger partial charge in [-0.25, -0.2) is 0 Å². The third kappa shape index (κ3) is 6.17. The molecule has 0 radical (unpaired) electrons. The molecule has 1 N–H and O–H groups in total. The number of nitrogens with one attached hydrogen (secondary N) is 1. The van der Waals surface area contributed by atoms with Gasteiger partial charge in [0.15, 0.2) is 0 Å². The SMILES string of the molecule is CCCN(CCCCNC(=O)c1ccc(-c2ccccc2)cc1)[C@@H]1CCc2c(OC)cccc2[C@@H]1C. The summed E-state index contributed by atoms with van der Waals surface area (Å²) in [7, 11) is 1.77. The van der Waals surface area contributed by atoms with Gasteiger partial charge < -0.3 is 10.1 Å². The first-order valence-corrected chi connectivity index (χ1v) is 13.5. The van der Waals surface area contributed by atoms with E-state index in [0.29, 0.717) is 24.1 Å². The Kier molecular flexibility index (Phi) is 9.18. The van der Waals surface area contributed by atoms with E-state index in [1.54, 1.807) is 7.11 Å². The Balaban J connectivity index is 1.25. The first-order chi connectivity index (χ1) is 17.6. The lowest BCUT2D eigenvalue weighted by molar-refractivity contribution is 0.0951. The molecule has 0 saturated heterocycles. The highest BCUT2D eigenvalue weighted by atomic mass is 16.5. The number of ether oxygens (including phenoxy) is 1. The molecule has 0 heterocycles. The molecule has 1 aliphatic carbocycles. The molecule has 1 amide bonds. The number of fused-ring (bicyclic) bond motifs is 1. The predicted molar refractivity (Wildman–Crippen MR) is 149 cm³/mol. The average molecular weight is 485 g/mol. The topological polar surface area (TPSA) is 41.6 Å². The van der Waals surface area contributed by atoms with Gasteiger partial charge in [-0.15, -0.1) is 0 Å². The number of hydrogen-bond acceptors (Lipinski definition) is 3. The van der Waals surface area contributed by atoms with Gasteiger partial charge in [-0.1, -0.05) is 68.4 Å². The fraction of sp³-hybridized carbons (Fsp3) is 0.406. The molecule has 2 atom stereocenters. The molecule has 0 aliphatic heterocycles. The maximum absolute atomic E-state index is 12.6. The van der Waals surface area contributed by atoms with Gasteiger partial charge in [-0.05, 0) is 91.6 Å². The van der Waals surface area contributed by atoms with Crippen LogP contribution in [0.4, 0.5) is 0 Å². The summed E-state index contributed by atoms with van der Waals surface area (Å²) in [5.74, 6) is 1.53. The third-order valence-electron chi connectivity index (χ3n) is 7.54. The molecular formula is C32H40N2O2. The first-order valence-electron chi connectivity index (χ1n) is 13.5. The van der Waals surface area contributed by atoms with E-state index in [0.717, 1.165) is 55.6 Å². The summed E-state index contributed by atoms with van der Waals surface area (Å²) in [6.07, 6.45) is 5.48. The van der Waals surface area contributed by atoms with Gasteiger partial charge in [0.1, 0.15) is 5.75 Å². The molecule has 3 aromatic rings. The molecule has 0 spiro atoms. The van der Waals surface area contributed by atoms with Crippen molar-refractivity contribution in [3.63, 3.8) is 0 Å². The Morgan fingerprint density at radius 3 is 2.42 bits per heavy atom. The summed E-state index contributed by atoms with van der Waals surface area (Å²) in [6, 6.07) is 25.2. The maximum atomic E-state index is 12.6. The Bertz CT molecular complexity index is 1110. The van der Waals surface area contributed by atoms with Crippen molar-refractivity contribution in [1.29, 1.82) is 0 Å². The van der Waals surface area contributed by atoms with Gasteiger partial charge in [0.2, 0.25) is 0 Å². The monoisotopic (exact) mass is 484 g/mol. The van der Waals surface area contributed by atoms with Crippen molar-refractivity contribution >= 4 is 5.91 Å². The number of unbranched alkanes of at least 4 members (excludes halogenated alkanes) is 1. The van der Waals surface area contributed by atoms with Crippen LogP contribution < -0.4 is 10.1 Å². The second kappa shape index (κ2) is 12.7. The number of methoxy groups -OCH3 is 1. The molecule has 0 saturated carbocycles. The zero-order valence-corrected chi connectivity index (χ0v) is 22.0. The molecule has 0 bridgehead atoms. The maximum Gasteiger partial charge on any atom is 0.251 e. The number of hydrogen-bond donors (Lipinski definition) is 1. The highest BCUT2D eigenvalue weighted by Crippen LogP contribution is 2.38. The van der Waals surface area contributed by atoms with Crippen molar-refractivity contribution in [3.05, 3.63) is 89.5 Å². The molecule has 0 aromatic heterocycles. The zero-order chi connectivity index (χ0) is 25.3. The van der Waals surface area contributed by atoms with Crippen molar-refractivity contribution in [3.8, 4) is 16.9 Å². The number of carbonyl (C=O) groups excluding carboxylic acids is 1. The minimum atomic E-state index is 0.00600.